The van der Waals surface area contributed by atoms with E-state index in [1.165, 1.54) is 11.4 Å². The zero-order valence-corrected chi connectivity index (χ0v) is 13.2. The van der Waals surface area contributed by atoms with E-state index in [1.54, 1.807) is 0 Å². The zero-order chi connectivity index (χ0) is 15.1. The molecular weight excluding hydrogens is 260 g/mol. The van der Waals surface area contributed by atoms with Crippen LogP contribution in [0.1, 0.15) is 35.6 Å². The Balaban J connectivity index is 1.65. The van der Waals surface area contributed by atoms with E-state index in [9.17, 15) is 0 Å². The van der Waals surface area contributed by atoms with Gasteiger partial charge in [0.2, 0.25) is 0 Å². The van der Waals surface area contributed by atoms with Crippen molar-refractivity contribution >= 4 is 12.4 Å². The fourth-order valence-electron chi connectivity index (χ4n) is 2.23. The number of hydrogen-bond acceptors (Lipinski definition) is 1. The fraction of sp³-hybridized carbons (Fsp3) is 0.412. The first-order chi connectivity index (χ1) is 10.1. The van der Waals surface area contributed by atoms with E-state index in [0.29, 0.717) is 0 Å². The van der Waals surface area contributed by atoms with Crippen molar-refractivity contribution in [1.82, 2.24) is 9.97 Å². The first-order valence-corrected chi connectivity index (χ1v) is 7.49. The third-order valence-electron chi connectivity index (χ3n) is 3.35. The van der Waals surface area contributed by atoms with Gasteiger partial charge >= 0.3 is 0 Å². The van der Waals surface area contributed by atoms with Crippen molar-refractivity contribution in [2.75, 3.05) is 20.1 Å². The van der Waals surface area contributed by atoms with Gasteiger partial charge in [0.15, 0.2) is 6.21 Å². The standard InChI is InChI=1S/C17H24N4/c1-14-6-8-16(19-14)12-18-10-4-5-11-21(3)13-17-9-7-15(2)20-17/h6-9,12-13H,4-5,10-11H2,1-3H3,(H,18,19)/p+1. The lowest BCUT2D eigenvalue weighted by Gasteiger charge is -1.96. The molecule has 0 spiro atoms. The Hall–Kier alpha value is -2.10. The molecule has 0 atom stereocenters. The second kappa shape index (κ2) is 7.62. The Labute approximate surface area is 126 Å². The van der Waals surface area contributed by atoms with Crippen LogP contribution < -0.4 is 0 Å². The van der Waals surface area contributed by atoms with Crippen molar-refractivity contribution in [2.45, 2.75) is 26.7 Å². The van der Waals surface area contributed by atoms with Gasteiger partial charge in [0.1, 0.15) is 19.3 Å². The summed E-state index contributed by atoms with van der Waals surface area (Å²) >= 11 is 0. The summed E-state index contributed by atoms with van der Waals surface area (Å²) in [5, 5.41) is 0. The van der Waals surface area contributed by atoms with E-state index in [1.807, 2.05) is 6.21 Å². The molecule has 0 aromatic carbocycles. The van der Waals surface area contributed by atoms with Crippen LogP contribution in [0.25, 0.3) is 0 Å². The molecule has 0 fully saturated rings. The molecule has 0 bridgehead atoms. The predicted octanol–water partition coefficient (Wildman–Crippen LogP) is 2.92. The van der Waals surface area contributed by atoms with Crippen LogP contribution >= 0.6 is 0 Å². The molecule has 112 valence electrons. The minimum atomic E-state index is 0.882. The van der Waals surface area contributed by atoms with Gasteiger partial charge < -0.3 is 9.97 Å². The quantitative estimate of drug-likeness (QED) is 0.446. The van der Waals surface area contributed by atoms with E-state index in [0.717, 1.165) is 37.3 Å². The molecule has 21 heavy (non-hydrogen) atoms. The van der Waals surface area contributed by atoms with Crippen molar-refractivity contribution in [3.8, 4) is 0 Å². The third kappa shape index (κ3) is 5.42. The van der Waals surface area contributed by atoms with Crippen molar-refractivity contribution in [1.29, 1.82) is 0 Å². The molecule has 4 heteroatoms. The highest BCUT2D eigenvalue weighted by molar-refractivity contribution is 5.77. The summed E-state index contributed by atoms with van der Waals surface area (Å²) in [6, 6.07) is 8.32. The second-order valence-corrected chi connectivity index (χ2v) is 5.55. The monoisotopic (exact) mass is 285 g/mol. The summed E-state index contributed by atoms with van der Waals surface area (Å²) in [6.07, 6.45) is 6.33. The molecule has 0 aliphatic carbocycles. The molecule has 0 saturated carbocycles. The molecule has 0 radical (unpaired) electrons. The molecule has 2 rings (SSSR count). The van der Waals surface area contributed by atoms with Gasteiger partial charge in [0.25, 0.3) is 0 Å². The normalized spacial score (nSPS) is 12.4. The highest BCUT2D eigenvalue weighted by Gasteiger charge is 1.99. The topological polar surface area (TPSA) is 46.9 Å². The number of aryl methyl sites for hydroxylation is 2. The van der Waals surface area contributed by atoms with Gasteiger partial charge in [-0.2, -0.15) is 0 Å². The number of rotatable bonds is 7. The highest BCUT2D eigenvalue weighted by atomic mass is 15.0. The first-order valence-electron chi connectivity index (χ1n) is 7.49. The molecule has 0 aliphatic heterocycles. The molecule has 0 aliphatic rings. The number of aliphatic imine (C=N–C) groups is 1. The summed E-state index contributed by atoms with van der Waals surface area (Å²) in [6.45, 7) is 6.05. The van der Waals surface area contributed by atoms with Crippen molar-refractivity contribution in [3.63, 3.8) is 0 Å². The maximum absolute atomic E-state index is 4.45. The molecule has 2 aromatic rings. The molecule has 2 heterocycles. The maximum atomic E-state index is 4.45. The second-order valence-electron chi connectivity index (χ2n) is 5.55. The molecule has 0 amide bonds. The van der Waals surface area contributed by atoms with Gasteiger partial charge in [-0.1, -0.05) is 0 Å². The van der Waals surface area contributed by atoms with Crippen LogP contribution in [0.15, 0.2) is 29.3 Å². The van der Waals surface area contributed by atoms with Gasteiger partial charge in [0, 0.05) is 30.6 Å². The zero-order valence-electron chi connectivity index (χ0n) is 13.2. The summed E-state index contributed by atoms with van der Waals surface area (Å²) < 4.78 is 2.23. The summed E-state index contributed by atoms with van der Waals surface area (Å²) in [5.74, 6) is 0. The van der Waals surface area contributed by atoms with Crippen molar-refractivity contribution in [2.24, 2.45) is 4.99 Å². The number of unbranched alkanes of at least 4 members (excludes halogenated alkanes) is 1. The lowest BCUT2D eigenvalue weighted by Crippen LogP contribution is -2.10. The van der Waals surface area contributed by atoms with Gasteiger partial charge in [0.05, 0.1) is 5.69 Å². The lowest BCUT2D eigenvalue weighted by molar-refractivity contribution is -0.492. The molecule has 0 saturated heterocycles. The maximum Gasteiger partial charge on any atom is 0.186 e. The van der Waals surface area contributed by atoms with Crippen LogP contribution in [-0.4, -0.2) is 47.1 Å². The number of nitrogens with zero attached hydrogens (tertiary/aromatic N) is 2. The number of hydrogen-bond donors (Lipinski definition) is 2. The first kappa shape index (κ1) is 15.3. The van der Waals surface area contributed by atoms with Crippen LogP contribution in [0.5, 0.6) is 0 Å². The number of H-pyrrole nitrogens is 2. The average Bonchev–Trinajstić information content (AvgIpc) is 3.03. The van der Waals surface area contributed by atoms with Crippen molar-refractivity contribution in [3.05, 3.63) is 47.0 Å². The minimum Gasteiger partial charge on any atom is -0.358 e. The SMILES string of the molecule is Cc1ccc(C=NCCCC[N+](C)=Cc2ccc(C)[nH]2)[nH]1. The Morgan fingerprint density at radius 2 is 1.67 bits per heavy atom. The van der Waals surface area contributed by atoms with E-state index < -0.39 is 0 Å². The number of aromatic amines is 2. The summed E-state index contributed by atoms with van der Waals surface area (Å²) in [7, 11) is 2.11. The van der Waals surface area contributed by atoms with Gasteiger partial charge in [-0.3, -0.25) is 4.99 Å². The third-order valence-corrected chi connectivity index (χ3v) is 3.35. The lowest BCUT2D eigenvalue weighted by atomic mass is 10.3. The van der Waals surface area contributed by atoms with Gasteiger partial charge in [-0.05, 0) is 44.5 Å². The summed E-state index contributed by atoms with van der Waals surface area (Å²) in [5.41, 5.74) is 4.62. The van der Waals surface area contributed by atoms with Gasteiger partial charge in [-0.25, -0.2) is 4.58 Å². The summed E-state index contributed by atoms with van der Waals surface area (Å²) in [4.78, 5) is 11.0. The largest absolute Gasteiger partial charge is 0.358 e. The smallest absolute Gasteiger partial charge is 0.186 e. The Kier molecular flexibility index (Phi) is 5.55. The van der Waals surface area contributed by atoms with Crippen LogP contribution in [0.3, 0.4) is 0 Å². The average molecular weight is 285 g/mol. The van der Waals surface area contributed by atoms with E-state index in [4.69, 9.17) is 0 Å². The molecule has 0 unspecified atom stereocenters. The van der Waals surface area contributed by atoms with E-state index >= 15 is 0 Å². The number of nitrogens with one attached hydrogen (secondary N) is 2. The van der Waals surface area contributed by atoms with Crippen LogP contribution in [0.2, 0.25) is 0 Å². The molecule has 4 nitrogen and oxygen atoms in total. The molecular formula is C17H25N4+. The van der Waals surface area contributed by atoms with E-state index in [2.05, 4.69) is 70.9 Å². The molecule has 2 N–H and O–H groups in total. The van der Waals surface area contributed by atoms with Crippen LogP contribution in [0.4, 0.5) is 0 Å². The van der Waals surface area contributed by atoms with Gasteiger partial charge in [-0.15, -0.1) is 0 Å². The van der Waals surface area contributed by atoms with Crippen LogP contribution in [0, 0.1) is 13.8 Å². The molecule has 2 aromatic heterocycles. The highest BCUT2D eigenvalue weighted by Crippen LogP contribution is 1.99. The fourth-order valence-corrected chi connectivity index (χ4v) is 2.23. The number of aromatic nitrogens is 2. The van der Waals surface area contributed by atoms with E-state index in [-0.39, 0.29) is 0 Å². The Bertz CT molecular complexity index is 616. The minimum absolute atomic E-state index is 0.882. The predicted molar refractivity (Wildman–Crippen MR) is 89.0 cm³/mol. The van der Waals surface area contributed by atoms with Crippen molar-refractivity contribution < 1.29 is 4.58 Å². The van der Waals surface area contributed by atoms with Crippen LogP contribution in [-0.2, 0) is 0 Å². The Morgan fingerprint density at radius 3 is 2.29 bits per heavy atom. The Morgan fingerprint density at radius 1 is 1.00 bits per heavy atom.